The van der Waals surface area contributed by atoms with Crippen LogP contribution >= 0.6 is 11.6 Å². The van der Waals surface area contributed by atoms with E-state index in [1.807, 2.05) is 12.1 Å². The molecule has 2 aromatic carbocycles. The van der Waals surface area contributed by atoms with Crippen molar-refractivity contribution in [2.75, 3.05) is 0 Å². The van der Waals surface area contributed by atoms with Gasteiger partial charge in [-0.2, -0.15) is 0 Å². The Bertz CT molecular complexity index is 800. The minimum absolute atomic E-state index is 0.0181. The Hall–Kier alpha value is -2.59. The fraction of sp³-hybridized carbons (Fsp3) is 0.200. The predicted molar refractivity (Wildman–Crippen MR) is 99.7 cm³/mol. The molecule has 0 saturated carbocycles. The van der Waals surface area contributed by atoms with E-state index < -0.39 is 11.9 Å². The lowest BCUT2D eigenvalue weighted by molar-refractivity contribution is -0.132. The molecule has 0 heterocycles. The minimum Gasteiger partial charge on any atom is -0.477 e. The molecule has 5 heteroatoms. The number of aliphatic carboxylic acids is 1. The first-order valence-corrected chi connectivity index (χ1v) is 8.17. The first-order chi connectivity index (χ1) is 11.7. The predicted octanol–water partition coefficient (Wildman–Crippen LogP) is 4.49. The summed E-state index contributed by atoms with van der Waals surface area (Å²) < 4.78 is 0. The van der Waals surface area contributed by atoms with Gasteiger partial charge in [-0.25, -0.2) is 4.79 Å². The molecular formula is C20H20ClNO3. The third kappa shape index (κ3) is 5.19. The Morgan fingerprint density at radius 2 is 1.56 bits per heavy atom. The van der Waals surface area contributed by atoms with Gasteiger partial charge in [-0.05, 0) is 46.9 Å². The van der Waals surface area contributed by atoms with Crippen LogP contribution in [0.2, 0.25) is 5.02 Å². The van der Waals surface area contributed by atoms with Gasteiger partial charge in [0, 0.05) is 10.6 Å². The fourth-order valence-electron chi connectivity index (χ4n) is 2.19. The van der Waals surface area contributed by atoms with E-state index in [0.29, 0.717) is 16.1 Å². The largest absolute Gasteiger partial charge is 0.477 e. The molecule has 0 atom stereocenters. The highest BCUT2D eigenvalue weighted by Gasteiger charge is 2.16. The molecule has 0 radical (unpaired) electrons. The molecule has 0 unspecified atom stereocenters. The summed E-state index contributed by atoms with van der Waals surface area (Å²) in [6, 6.07) is 13.8. The lowest BCUT2D eigenvalue weighted by Gasteiger charge is -2.19. The summed E-state index contributed by atoms with van der Waals surface area (Å²) in [4.78, 5) is 23.7. The fourth-order valence-corrected chi connectivity index (χ4v) is 2.32. The second kappa shape index (κ2) is 7.53. The van der Waals surface area contributed by atoms with E-state index in [-0.39, 0.29) is 11.1 Å². The Morgan fingerprint density at radius 1 is 1.00 bits per heavy atom. The Balaban J connectivity index is 2.20. The monoisotopic (exact) mass is 357 g/mol. The number of carboxylic acids is 1. The number of carboxylic acid groups (broad SMARTS) is 1. The molecule has 4 nitrogen and oxygen atoms in total. The first kappa shape index (κ1) is 18.7. The van der Waals surface area contributed by atoms with Crippen LogP contribution in [0.3, 0.4) is 0 Å². The maximum atomic E-state index is 12.3. The van der Waals surface area contributed by atoms with Crippen molar-refractivity contribution >= 4 is 29.6 Å². The Morgan fingerprint density at radius 3 is 2.04 bits per heavy atom. The molecule has 1 amide bonds. The number of amides is 1. The Kier molecular flexibility index (Phi) is 5.65. The third-order valence-electron chi connectivity index (χ3n) is 3.67. The van der Waals surface area contributed by atoms with Gasteiger partial charge in [-0.1, -0.05) is 56.6 Å². The molecule has 0 aromatic heterocycles. The standard InChI is InChI=1S/C20H20ClNO3/c1-20(2,3)15-8-6-14(7-9-15)18(23)22-17(19(24)25)12-13-4-10-16(21)11-5-13/h4-12H,1-3H3,(H,22,23)(H,24,25)/b17-12+. The molecule has 0 aliphatic carbocycles. The number of benzene rings is 2. The number of hydrogen-bond acceptors (Lipinski definition) is 2. The number of hydrogen-bond donors (Lipinski definition) is 2. The van der Waals surface area contributed by atoms with E-state index in [4.69, 9.17) is 11.6 Å². The van der Waals surface area contributed by atoms with Gasteiger partial charge in [0.15, 0.2) is 0 Å². The van der Waals surface area contributed by atoms with E-state index in [1.165, 1.54) is 6.08 Å². The average molecular weight is 358 g/mol. The highest BCUT2D eigenvalue weighted by atomic mass is 35.5. The molecular weight excluding hydrogens is 338 g/mol. The van der Waals surface area contributed by atoms with E-state index in [0.717, 1.165) is 5.56 Å². The van der Waals surface area contributed by atoms with Crippen LogP contribution in [0.1, 0.15) is 42.3 Å². The van der Waals surface area contributed by atoms with Crippen molar-refractivity contribution in [2.45, 2.75) is 26.2 Å². The molecule has 0 fully saturated rings. The van der Waals surface area contributed by atoms with Crippen LogP contribution in [0.15, 0.2) is 54.2 Å². The normalized spacial score (nSPS) is 11.9. The van der Waals surface area contributed by atoms with Gasteiger partial charge in [0.05, 0.1) is 0 Å². The summed E-state index contributed by atoms with van der Waals surface area (Å²) in [7, 11) is 0. The third-order valence-corrected chi connectivity index (χ3v) is 3.92. The molecule has 2 aromatic rings. The number of nitrogens with one attached hydrogen (secondary N) is 1. The van der Waals surface area contributed by atoms with Crippen LogP contribution in [0.25, 0.3) is 6.08 Å². The van der Waals surface area contributed by atoms with Crippen LogP contribution in [-0.2, 0) is 10.2 Å². The minimum atomic E-state index is -1.21. The second-order valence-electron chi connectivity index (χ2n) is 6.70. The van der Waals surface area contributed by atoms with Crippen molar-refractivity contribution in [1.29, 1.82) is 0 Å². The second-order valence-corrected chi connectivity index (χ2v) is 7.13. The average Bonchev–Trinajstić information content (AvgIpc) is 2.55. The van der Waals surface area contributed by atoms with Crippen LogP contribution < -0.4 is 5.32 Å². The maximum Gasteiger partial charge on any atom is 0.352 e. The van der Waals surface area contributed by atoms with Gasteiger partial charge in [0.25, 0.3) is 5.91 Å². The molecule has 2 rings (SSSR count). The zero-order chi connectivity index (χ0) is 18.6. The number of carbonyl (C=O) groups is 2. The van der Waals surface area contributed by atoms with E-state index in [2.05, 4.69) is 26.1 Å². The highest BCUT2D eigenvalue weighted by molar-refractivity contribution is 6.30. The van der Waals surface area contributed by atoms with Crippen molar-refractivity contribution < 1.29 is 14.7 Å². The zero-order valence-electron chi connectivity index (χ0n) is 14.3. The number of rotatable bonds is 4. The molecule has 0 saturated heterocycles. The van der Waals surface area contributed by atoms with Gasteiger partial charge in [0.2, 0.25) is 0 Å². The van der Waals surface area contributed by atoms with Gasteiger partial charge >= 0.3 is 5.97 Å². The van der Waals surface area contributed by atoms with Crippen LogP contribution in [-0.4, -0.2) is 17.0 Å². The molecule has 0 aliphatic rings. The first-order valence-electron chi connectivity index (χ1n) is 7.79. The topological polar surface area (TPSA) is 66.4 Å². The van der Waals surface area contributed by atoms with Gasteiger partial charge in [-0.15, -0.1) is 0 Å². The smallest absolute Gasteiger partial charge is 0.352 e. The van der Waals surface area contributed by atoms with Crippen molar-refractivity contribution in [3.05, 3.63) is 75.9 Å². The van der Waals surface area contributed by atoms with Crippen LogP contribution in [0.4, 0.5) is 0 Å². The van der Waals surface area contributed by atoms with Crippen LogP contribution in [0.5, 0.6) is 0 Å². The highest BCUT2D eigenvalue weighted by Crippen LogP contribution is 2.22. The molecule has 2 N–H and O–H groups in total. The van der Waals surface area contributed by atoms with Gasteiger partial charge in [-0.3, -0.25) is 4.79 Å². The summed E-state index contributed by atoms with van der Waals surface area (Å²) in [6.07, 6.45) is 1.39. The van der Waals surface area contributed by atoms with Crippen molar-refractivity contribution in [2.24, 2.45) is 0 Å². The molecule has 0 bridgehead atoms. The number of halogens is 1. The van der Waals surface area contributed by atoms with E-state index >= 15 is 0 Å². The summed E-state index contributed by atoms with van der Waals surface area (Å²) in [5.74, 6) is -1.68. The lowest BCUT2D eigenvalue weighted by atomic mass is 9.87. The molecule has 130 valence electrons. The van der Waals surface area contributed by atoms with Gasteiger partial charge < -0.3 is 10.4 Å². The number of carbonyl (C=O) groups excluding carboxylic acids is 1. The zero-order valence-corrected chi connectivity index (χ0v) is 15.1. The molecule has 0 aliphatic heterocycles. The van der Waals surface area contributed by atoms with E-state index in [1.54, 1.807) is 36.4 Å². The van der Waals surface area contributed by atoms with E-state index in [9.17, 15) is 14.7 Å². The lowest BCUT2D eigenvalue weighted by Crippen LogP contribution is -2.27. The van der Waals surface area contributed by atoms with Crippen molar-refractivity contribution in [3.63, 3.8) is 0 Å². The van der Waals surface area contributed by atoms with Crippen molar-refractivity contribution in [1.82, 2.24) is 5.32 Å². The van der Waals surface area contributed by atoms with Crippen molar-refractivity contribution in [3.8, 4) is 0 Å². The summed E-state index contributed by atoms with van der Waals surface area (Å²) in [5.41, 5.74) is 1.91. The summed E-state index contributed by atoms with van der Waals surface area (Å²) in [5, 5.41) is 12.3. The SMILES string of the molecule is CC(C)(C)c1ccc(C(=O)N/C(=C/c2ccc(Cl)cc2)C(=O)O)cc1. The quantitative estimate of drug-likeness (QED) is 0.792. The molecule has 0 spiro atoms. The van der Waals surface area contributed by atoms with Crippen LogP contribution in [0, 0.1) is 0 Å². The Labute approximate surface area is 152 Å². The maximum absolute atomic E-state index is 12.3. The van der Waals surface area contributed by atoms with Gasteiger partial charge in [0.1, 0.15) is 5.70 Å². The summed E-state index contributed by atoms with van der Waals surface area (Å²) >= 11 is 5.81. The molecule has 25 heavy (non-hydrogen) atoms. The summed E-state index contributed by atoms with van der Waals surface area (Å²) in [6.45, 7) is 6.25.